The molecule has 0 aliphatic carbocycles. The second-order valence-corrected chi connectivity index (χ2v) is 43.2. The van der Waals surface area contributed by atoms with E-state index in [9.17, 15) is 28.6 Å². The summed E-state index contributed by atoms with van der Waals surface area (Å²) in [5.74, 6) is 2.82. The third-order valence-electron chi connectivity index (χ3n) is 31.5. The van der Waals surface area contributed by atoms with E-state index in [1.165, 1.54) is 28.6 Å². The van der Waals surface area contributed by atoms with Crippen LogP contribution < -0.4 is 82.3 Å². The van der Waals surface area contributed by atoms with E-state index in [0.29, 0.717) is 53.9 Å². The van der Waals surface area contributed by atoms with Crippen LogP contribution >= 0.6 is 31.9 Å². The lowest BCUT2D eigenvalue weighted by atomic mass is 9.84. The molecule has 0 radical (unpaired) electrons. The second kappa shape index (κ2) is 46.9. The second-order valence-electron chi connectivity index (χ2n) is 41.4. The van der Waals surface area contributed by atoms with E-state index < -0.39 is 13.0 Å². The SMILES string of the molecule is CB(O)N1CCN(c2cnc(N3CCN4[C@@H](C3)CN(c3cc(=O)n(C)c5ncccc35)C[C@H]4C)c(C)c2)CC1.CB(O)N1CCNCC1.C[C@@H]1CN(c2cc(=O)n(C)c3ncccc23)C[C@@H]2CNCCN21.Cc1cc(Br)cnc1F.Cc1cc(Br)cnc1N1CCN2[C@@H](C1)CN(c1cc(=O)n(C)c3ncccc13)C[C@H]2C.Cc1cc(N2CCNCC2)cnc1N1CCN2[C@@H](C1)CN(c1cc(=O)n(C)c3ncccc13)C[C@H]2C. The van der Waals surface area contributed by atoms with Crippen molar-refractivity contribution in [2.45, 2.75) is 117 Å². The number of hydrogen-bond acceptors (Lipinski definition) is 32. The first kappa shape index (κ1) is 106. The van der Waals surface area contributed by atoms with Gasteiger partial charge in [0.05, 0.1) is 46.5 Å². The molecule has 12 aromatic heterocycles. The third-order valence-corrected chi connectivity index (χ3v) is 32.4. The molecule has 41 heteroatoms. The summed E-state index contributed by atoms with van der Waals surface area (Å²) in [4.78, 5) is 123. The summed E-state index contributed by atoms with van der Waals surface area (Å²) < 4.78 is 20.7. The Bertz CT molecular complexity index is 6890. The number of rotatable bonds is 11. The summed E-state index contributed by atoms with van der Waals surface area (Å²) in [5, 5.41) is 33.2. The quantitative estimate of drug-likeness (QED) is 0.0630. The molecule has 23 rings (SSSR count). The zero-order chi connectivity index (χ0) is 103. The van der Waals surface area contributed by atoms with Gasteiger partial charge in [0.2, 0.25) is 5.95 Å². The van der Waals surface area contributed by atoms with Crippen LogP contribution in [-0.2, 0) is 28.2 Å². The Balaban J connectivity index is 0.000000122. The molecule has 5 N–H and O–H groups in total. The number of nitrogens with zero attached hydrogens (tertiary/aromatic N) is 27. The van der Waals surface area contributed by atoms with E-state index >= 15 is 0 Å². The number of aromatic nitrogens is 12. The molecule has 11 aliphatic heterocycles. The largest absolute Gasteiger partial charge is 0.437 e. The minimum absolute atomic E-state index is 0.00283. The summed E-state index contributed by atoms with van der Waals surface area (Å²) in [6.07, 6.45) is 14.4. The van der Waals surface area contributed by atoms with Crippen LogP contribution in [0.5, 0.6) is 0 Å². The van der Waals surface area contributed by atoms with Gasteiger partial charge < -0.3 is 79.7 Å². The Kier molecular flexibility index (Phi) is 33.7. The molecule has 36 nitrogen and oxygen atoms in total. The van der Waals surface area contributed by atoms with Gasteiger partial charge in [0.1, 0.15) is 40.0 Å². The number of piperazine rings is 11. The van der Waals surface area contributed by atoms with E-state index in [0.717, 1.165) is 308 Å². The van der Waals surface area contributed by atoms with Gasteiger partial charge in [-0.15, -0.1) is 0 Å². The normalized spacial score (nSPS) is 22.3. The maximum absolute atomic E-state index is 12.8. The van der Waals surface area contributed by atoms with Crippen LogP contribution in [0.1, 0.15) is 49.9 Å². The molecule has 147 heavy (non-hydrogen) atoms. The van der Waals surface area contributed by atoms with E-state index in [2.05, 4.69) is 243 Å². The van der Waals surface area contributed by atoms with Gasteiger partial charge in [0, 0.05) is 383 Å². The standard InChI is InChI=1S/C28H39BN8O2.C27H36N8O.C23H27BrN6O.C17H23N5O.C6H5BrFN.C5H13BN2O/c1-20-14-22(33-8-11-36(12-9-33)29(3)39)16-31-27(20)34-10-13-37-21(2)17-35(19-23(37)18-34)25-15-26(38)32(4)28-24(25)6-5-7-30-28;1-19-13-21(32-9-7-28-8-10-32)15-30-26(19)33-11-12-35-20(2)16-34(18-22(35)17-33)24-14-25(36)31(3)27-23(24)5-4-6-29-27;1-15-9-17(24)11-26-22(15)28-7-8-30-16(2)12-29(14-18(30)13-28)20-10-21(31)27(3)23-19(20)5-4-6-25-23;1-12-10-21(11-13-9-18-6-7-22(12)13)15-8-16(23)20(2)17-14(15)4-3-5-19-17;1-4-2-5(7)3-9-6(4)8;1-6(9)8-4-2-7-3-5-8/h5-7,14-16,21,23,39H,8-13,17-19H2,1-4H3;4-6,13-15,20,22,28H,7-12,16-18H2,1-3H3;4-6,9-11,16,18H,7-8,12-14H2,1-3H3;3-5,8,12-13,18H,6-7,9-11H2,1-2H3;2-3H,1H3;7,9H,2-5H2,1H3/t21-,23+;20-,22+;16-,18+;12-,13+;;/m1111../s1. The van der Waals surface area contributed by atoms with Gasteiger partial charge in [-0.2, -0.15) is 4.39 Å². The number of halogens is 3. The predicted molar refractivity (Wildman–Crippen MR) is 598 cm³/mol. The van der Waals surface area contributed by atoms with E-state index in [4.69, 9.17) is 20.0 Å². The van der Waals surface area contributed by atoms with Crippen LogP contribution in [0.25, 0.3) is 44.1 Å². The monoisotopic (exact) mass is 2130 g/mol. The number of pyridine rings is 12. The average Bonchev–Trinajstić information content (AvgIpc) is 0.763. The first-order valence-electron chi connectivity index (χ1n) is 52.2. The van der Waals surface area contributed by atoms with E-state index in [1.807, 2.05) is 50.3 Å². The number of hydrogen-bond donors (Lipinski definition) is 5. The molecule has 11 saturated heterocycles. The third kappa shape index (κ3) is 23.7. The Morgan fingerprint density at radius 1 is 0.327 bits per heavy atom. The van der Waals surface area contributed by atoms with Gasteiger partial charge in [-0.1, -0.05) is 0 Å². The van der Waals surface area contributed by atoms with Gasteiger partial charge in [0.25, 0.3) is 22.2 Å². The summed E-state index contributed by atoms with van der Waals surface area (Å²) in [6, 6.07) is 34.8. The average molecular weight is 2130 g/mol. The lowest BCUT2D eigenvalue weighted by Gasteiger charge is -2.51. The van der Waals surface area contributed by atoms with Crippen LogP contribution in [0.3, 0.4) is 0 Å². The zero-order valence-corrected chi connectivity index (χ0v) is 90.7. The highest BCUT2D eigenvalue weighted by molar-refractivity contribution is 9.10. The fraction of sp³-hybridized carbons (Fsp3) is 0.509. The van der Waals surface area contributed by atoms with Crippen LogP contribution in [-0.4, -0.2) is 369 Å². The van der Waals surface area contributed by atoms with Gasteiger partial charge in [-0.05, 0) is 190 Å². The molecule has 23 heterocycles. The minimum atomic E-state index is -0.404. The highest BCUT2D eigenvalue weighted by Crippen LogP contribution is 2.38. The van der Waals surface area contributed by atoms with Crippen LogP contribution in [0.4, 0.5) is 56.0 Å². The van der Waals surface area contributed by atoms with Crippen molar-refractivity contribution >= 4 is 142 Å². The molecule has 0 amide bonds. The summed E-state index contributed by atoms with van der Waals surface area (Å²) in [6.45, 7) is 51.7. The number of aryl methyl sites for hydroxylation is 8. The molecule has 0 bridgehead atoms. The highest BCUT2D eigenvalue weighted by atomic mass is 79.9. The molecular formula is C106H143B2Br2FN30O6. The van der Waals surface area contributed by atoms with E-state index in [-0.39, 0.29) is 29.3 Å². The molecule has 11 aliphatic rings. The maximum atomic E-state index is 12.8. The van der Waals surface area contributed by atoms with Crippen molar-refractivity contribution in [1.29, 1.82) is 0 Å². The highest BCUT2D eigenvalue weighted by Gasteiger charge is 2.43. The number of fused-ring (bicyclic) bond motifs is 8. The molecule has 12 aromatic rings. The van der Waals surface area contributed by atoms with Gasteiger partial charge in [-0.3, -0.25) is 57.0 Å². The van der Waals surface area contributed by atoms with Crippen molar-refractivity contribution in [3.8, 4) is 0 Å². The predicted octanol–water partition coefficient (Wildman–Crippen LogP) is 7.22. The molecule has 11 fully saturated rings. The summed E-state index contributed by atoms with van der Waals surface area (Å²) in [5.41, 5.74) is 13.5. The summed E-state index contributed by atoms with van der Waals surface area (Å²) >= 11 is 6.69. The lowest BCUT2D eigenvalue weighted by molar-refractivity contribution is 0.0971. The Morgan fingerprint density at radius 2 is 0.619 bits per heavy atom. The minimum Gasteiger partial charge on any atom is -0.437 e. The topological polar surface area (TPSA) is 316 Å². The number of nitrogens with one attached hydrogen (secondary N) is 3. The van der Waals surface area contributed by atoms with Gasteiger partial charge in [0.15, 0.2) is 0 Å². The Morgan fingerprint density at radius 3 is 0.952 bits per heavy atom. The van der Waals surface area contributed by atoms with Crippen LogP contribution in [0.2, 0.25) is 13.6 Å². The van der Waals surface area contributed by atoms with Crippen molar-refractivity contribution in [2.24, 2.45) is 28.2 Å². The molecule has 780 valence electrons. The maximum Gasteiger partial charge on any atom is 0.376 e. The Labute approximate surface area is 878 Å². The summed E-state index contributed by atoms with van der Waals surface area (Å²) in [7, 11) is 6.49. The zero-order valence-electron chi connectivity index (χ0n) is 87.5. The fourth-order valence-electron chi connectivity index (χ4n) is 23.7. The van der Waals surface area contributed by atoms with Crippen molar-refractivity contribution in [1.82, 2.24) is 103 Å². The van der Waals surface area contributed by atoms with Crippen LogP contribution in [0.15, 0.2) is 175 Å². The first-order valence-corrected chi connectivity index (χ1v) is 53.8. The molecule has 0 aromatic carbocycles. The fourth-order valence-corrected chi connectivity index (χ4v) is 24.6. The van der Waals surface area contributed by atoms with Crippen molar-refractivity contribution in [3.05, 3.63) is 225 Å². The van der Waals surface area contributed by atoms with Gasteiger partial charge >= 0.3 is 14.1 Å². The number of anilines is 9. The van der Waals surface area contributed by atoms with Crippen molar-refractivity contribution in [3.63, 3.8) is 0 Å². The molecule has 8 atom stereocenters. The molecule has 0 spiro atoms. The van der Waals surface area contributed by atoms with Gasteiger partial charge in [-0.25, -0.2) is 39.9 Å². The molecule has 0 unspecified atom stereocenters. The van der Waals surface area contributed by atoms with Crippen molar-refractivity contribution in [2.75, 3.05) is 254 Å². The molecular weight excluding hydrogens is 1990 g/mol. The van der Waals surface area contributed by atoms with E-state index in [1.54, 1.807) is 109 Å². The lowest BCUT2D eigenvalue weighted by Crippen LogP contribution is -2.65. The van der Waals surface area contributed by atoms with Crippen LogP contribution in [0, 0.1) is 33.6 Å². The molecule has 0 saturated carbocycles. The Hall–Kier alpha value is -11.2. The van der Waals surface area contributed by atoms with Crippen molar-refractivity contribution < 1.29 is 14.4 Å². The first-order chi connectivity index (χ1) is 70.9. The smallest absolute Gasteiger partial charge is 0.376 e.